The third-order valence-electron chi connectivity index (χ3n) is 4.00. The number of hydrogen-bond acceptors (Lipinski definition) is 4. The molecule has 0 saturated carbocycles. The number of carbonyl (C=O) groups excluding carboxylic acids is 1. The first-order valence-corrected chi connectivity index (χ1v) is 7.92. The standard InChI is InChI=1S/C17H22N4O2/c1-14(19-17(22)13-20-9-11-23-12-10-20)15-5-2-3-6-16(15)21-8-4-7-18-21/h2-8,14H,9-13H2,1H3,(H,19,22)/t14-/m0/s1. The van der Waals surface area contributed by atoms with Crippen LogP contribution in [0.3, 0.4) is 0 Å². The highest BCUT2D eigenvalue weighted by molar-refractivity contribution is 5.78. The molecule has 1 aromatic heterocycles. The van der Waals surface area contributed by atoms with Crippen molar-refractivity contribution in [2.45, 2.75) is 13.0 Å². The Morgan fingerprint density at radius 2 is 2.09 bits per heavy atom. The Kier molecular flexibility index (Phi) is 5.05. The van der Waals surface area contributed by atoms with Gasteiger partial charge >= 0.3 is 0 Å². The van der Waals surface area contributed by atoms with Crippen molar-refractivity contribution in [3.63, 3.8) is 0 Å². The summed E-state index contributed by atoms with van der Waals surface area (Å²) in [6.45, 7) is 5.43. The first-order chi connectivity index (χ1) is 11.2. The van der Waals surface area contributed by atoms with Crippen LogP contribution in [-0.2, 0) is 9.53 Å². The maximum atomic E-state index is 12.3. The molecule has 0 radical (unpaired) electrons. The van der Waals surface area contributed by atoms with E-state index in [4.69, 9.17) is 4.74 Å². The van der Waals surface area contributed by atoms with Crippen molar-refractivity contribution in [2.24, 2.45) is 0 Å². The number of rotatable bonds is 5. The van der Waals surface area contributed by atoms with E-state index in [1.165, 1.54) is 0 Å². The summed E-state index contributed by atoms with van der Waals surface area (Å²) in [7, 11) is 0. The third-order valence-corrected chi connectivity index (χ3v) is 4.00. The Morgan fingerprint density at radius 1 is 1.30 bits per heavy atom. The van der Waals surface area contributed by atoms with Gasteiger partial charge in [0.25, 0.3) is 0 Å². The summed E-state index contributed by atoms with van der Waals surface area (Å²) in [6, 6.07) is 9.79. The number of carbonyl (C=O) groups is 1. The molecule has 1 saturated heterocycles. The summed E-state index contributed by atoms with van der Waals surface area (Å²) in [5.74, 6) is 0.0367. The fraction of sp³-hybridized carbons (Fsp3) is 0.412. The normalized spacial score (nSPS) is 16.9. The minimum absolute atomic E-state index is 0.0367. The van der Waals surface area contributed by atoms with Crippen LogP contribution in [0.25, 0.3) is 5.69 Å². The average molecular weight is 314 g/mol. The van der Waals surface area contributed by atoms with Crippen LogP contribution in [0.1, 0.15) is 18.5 Å². The number of ether oxygens (including phenoxy) is 1. The molecule has 0 aliphatic carbocycles. The van der Waals surface area contributed by atoms with Crippen LogP contribution in [0.4, 0.5) is 0 Å². The molecule has 122 valence electrons. The van der Waals surface area contributed by atoms with Crippen molar-refractivity contribution in [3.8, 4) is 5.69 Å². The SMILES string of the molecule is C[C@H](NC(=O)CN1CCOCC1)c1ccccc1-n1cccn1. The number of hydrogen-bond donors (Lipinski definition) is 1. The lowest BCUT2D eigenvalue weighted by atomic mass is 10.1. The second-order valence-corrected chi connectivity index (χ2v) is 5.69. The van der Waals surface area contributed by atoms with E-state index in [-0.39, 0.29) is 11.9 Å². The van der Waals surface area contributed by atoms with Gasteiger partial charge in [0.1, 0.15) is 0 Å². The van der Waals surface area contributed by atoms with Gasteiger partial charge < -0.3 is 10.1 Å². The highest BCUT2D eigenvalue weighted by Crippen LogP contribution is 2.20. The van der Waals surface area contributed by atoms with Gasteiger partial charge in [0, 0.05) is 25.5 Å². The molecule has 1 amide bonds. The summed E-state index contributed by atoms with van der Waals surface area (Å²) in [4.78, 5) is 14.4. The molecular weight excluding hydrogens is 292 g/mol. The Bertz CT molecular complexity index is 636. The molecule has 0 unspecified atom stereocenters. The summed E-state index contributed by atoms with van der Waals surface area (Å²) in [5, 5.41) is 7.37. The highest BCUT2D eigenvalue weighted by atomic mass is 16.5. The van der Waals surface area contributed by atoms with E-state index < -0.39 is 0 Å². The first-order valence-electron chi connectivity index (χ1n) is 7.92. The van der Waals surface area contributed by atoms with E-state index in [0.29, 0.717) is 19.8 Å². The zero-order valence-corrected chi connectivity index (χ0v) is 13.3. The van der Waals surface area contributed by atoms with E-state index in [2.05, 4.69) is 15.3 Å². The van der Waals surface area contributed by atoms with E-state index >= 15 is 0 Å². The van der Waals surface area contributed by atoms with Gasteiger partial charge in [-0.2, -0.15) is 5.10 Å². The molecule has 0 bridgehead atoms. The highest BCUT2D eigenvalue weighted by Gasteiger charge is 2.18. The van der Waals surface area contributed by atoms with E-state index in [1.54, 1.807) is 6.20 Å². The van der Waals surface area contributed by atoms with Gasteiger partial charge in [-0.1, -0.05) is 18.2 Å². The number of nitrogens with one attached hydrogen (secondary N) is 1. The maximum Gasteiger partial charge on any atom is 0.234 e. The van der Waals surface area contributed by atoms with Crippen molar-refractivity contribution in [1.82, 2.24) is 20.0 Å². The van der Waals surface area contributed by atoms with Gasteiger partial charge in [0.05, 0.1) is 31.5 Å². The molecule has 1 aliphatic rings. The second kappa shape index (κ2) is 7.39. The zero-order chi connectivity index (χ0) is 16.1. The van der Waals surface area contributed by atoms with Crippen LogP contribution in [0.2, 0.25) is 0 Å². The van der Waals surface area contributed by atoms with Gasteiger partial charge in [0.15, 0.2) is 0 Å². The molecule has 2 aromatic rings. The lowest BCUT2D eigenvalue weighted by Crippen LogP contribution is -2.43. The zero-order valence-electron chi connectivity index (χ0n) is 13.3. The fourth-order valence-electron chi connectivity index (χ4n) is 2.80. The molecule has 6 nitrogen and oxygen atoms in total. The number of amides is 1. The van der Waals surface area contributed by atoms with Crippen LogP contribution >= 0.6 is 0 Å². The predicted octanol–water partition coefficient (Wildman–Crippen LogP) is 1.38. The van der Waals surface area contributed by atoms with Crippen molar-refractivity contribution in [1.29, 1.82) is 0 Å². The molecule has 1 N–H and O–H groups in total. The molecule has 3 rings (SSSR count). The molecule has 0 spiro atoms. The van der Waals surface area contributed by atoms with Gasteiger partial charge in [-0.3, -0.25) is 9.69 Å². The Hall–Kier alpha value is -2.18. The van der Waals surface area contributed by atoms with Crippen molar-refractivity contribution in [2.75, 3.05) is 32.8 Å². The number of para-hydroxylation sites is 1. The van der Waals surface area contributed by atoms with Gasteiger partial charge in [-0.15, -0.1) is 0 Å². The summed E-state index contributed by atoms with van der Waals surface area (Å²) >= 11 is 0. The minimum atomic E-state index is -0.0797. The number of morpholine rings is 1. The molecule has 1 fully saturated rings. The maximum absolute atomic E-state index is 12.3. The number of aromatic nitrogens is 2. The molecule has 1 atom stereocenters. The van der Waals surface area contributed by atoms with Crippen LogP contribution in [0.5, 0.6) is 0 Å². The smallest absolute Gasteiger partial charge is 0.234 e. The molecular formula is C17H22N4O2. The minimum Gasteiger partial charge on any atom is -0.379 e. The lowest BCUT2D eigenvalue weighted by molar-refractivity contribution is -0.123. The monoisotopic (exact) mass is 314 g/mol. The fourth-order valence-corrected chi connectivity index (χ4v) is 2.80. The number of benzene rings is 1. The predicted molar refractivity (Wildman–Crippen MR) is 87.4 cm³/mol. The van der Waals surface area contributed by atoms with Crippen LogP contribution in [0.15, 0.2) is 42.7 Å². The topological polar surface area (TPSA) is 59.4 Å². The van der Waals surface area contributed by atoms with Crippen LogP contribution < -0.4 is 5.32 Å². The Morgan fingerprint density at radius 3 is 2.83 bits per heavy atom. The van der Waals surface area contributed by atoms with E-state index in [9.17, 15) is 4.79 Å². The van der Waals surface area contributed by atoms with Crippen molar-refractivity contribution >= 4 is 5.91 Å². The lowest BCUT2D eigenvalue weighted by Gasteiger charge is -2.26. The molecule has 1 aromatic carbocycles. The van der Waals surface area contributed by atoms with Crippen molar-refractivity contribution < 1.29 is 9.53 Å². The van der Waals surface area contributed by atoms with E-state index in [1.807, 2.05) is 48.1 Å². The Labute approximate surface area is 136 Å². The average Bonchev–Trinajstić information content (AvgIpc) is 3.10. The van der Waals surface area contributed by atoms with Crippen molar-refractivity contribution in [3.05, 3.63) is 48.3 Å². The Balaban J connectivity index is 1.66. The molecule has 23 heavy (non-hydrogen) atoms. The third kappa shape index (κ3) is 3.97. The molecule has 2 heterocycles. The summed E-state index contributed by atoms with van der Waals surface area (Å²) in [5.41, 5.74) is 2.03. The van der Waals surface area contributed by atoms with Crippen LogP contribution in [-0.4, -0.2) is 53.4 Å². The largest absolute Gasteiger partial charge is 0.379 e. The van der Waals surface area contributed by atoms with E-state index in [0.717, 1.165) is 24.3 Å². The summed E-state index contributed by atoms with van der Waals surface area (Å²) < 4.78 is 7.13. The number of nitrogens with zero attached hydrogens (tertiary/aromatic N) is 3. The molecule has 6 heteroatoms. The summed E-state index contributed by atoms with van der Waals surface area (Å²) in [6.07, 6.45) is 3.65. The van der Waals surface area contributed by atoms with Gasteiger partial charge in [0.2, 0.25) is 5.91 Å². The molecule has 1 aliphatic heterocycles. The van der Waals surface area contributed by atoms with Gasteiger partial charge in [-0.05, 0) is 24.6 Å². The van der Waals surface area contributed by atoms with Crippen LogP contribution in [0, 0.1) is 0 Å². The quantitative estimate of drug-likeness (QED) is 0.906. The van der Waals surface area contributed by atoms with Gasteiger partial charge in [-0.25, -0.2) is 4.68 Å². The first kappa shape index (κ1) is 15.7. The second-order valence-electron chi connectivity index (χ2n) is 5.69.